The second-order valence-electron chi connectivity index (χ2n) is 6.50. The first kappa shape index (κ1) is 26.0. The van der Waals surface area contributed by atoms with E-state index in [0.29, 0.717) is 26.4 Å². The molecule has 0 radical (unpaired) electrons. The molecule has 0 atom stereocenters. The van der Waals surface area contributed by atoms with E-state index in [0.717, 1.165) is 36.0 Å². The second kappa shape index (κ2) is 14.9. The molecular formula is C23H34IN3O3. The van der Waals surface area contributed by atoms with E-state index in [1.54, 1.807) is 14.2 Å². The van der Waals surface area contributed by atoms with E-state index >= 15 is 0 Å². The fourth-order valence-corrected chi connectivity index (χ4v) is 2.98. The fourth-order valence-electron chi connectivity index (χ4n) is 2.98. The lowest BCUT2D eigenvalue weighted by Crippen LogP contribution is -2.37. The molecule has 0 saturated heterocycles. The molecule has 0 aliphatic rings. The van der Waals surface area contributed by atoms with Gasteiger partial charge in [0.2, 0.25) is 0 Å². The number of aliphatic imine (C=N–C) groups is 1. The van der Waals surface area contributed by atoms with Crippen LogP contribution in [0.25, 0.3) is 0 Å². The molecule has 2 N–H and O–H groups in total. The molecule has 0 aliphatic carbocycles. The summed E-state index contributed by atoms with van der Waals surface area (Å²) in [5.41, 5.74) is 3.54. The Labute approximate surface area is 197 Å². The van der Waals surface area contributed by atoms with Crippen molar-refractivity contribution in [1.82, 2.24) is 10.6 Å². The van der Waals surface area contributed by atoms with Gasteiger partial charge in [0.1, 0.15) is 0 Å². The number of guanidine groups is 1. The number of hydrogen-bond donors (Lipinski definition) is 2. The van der Waals surface area contributed by atoms with Crippen LogP contribution in [0.15, 0.2) is 47.5 Å². The van der Waals surface area contributed by atoms with Gasteiger partial charge in [0.15, 0.2) is 17.5 Å². The molecule has 7 heteroatoms. The molecule has 0 bridgehead atoms. The van der Waals surface area contributed by atoms with Crippen LogP contribution >= 0.6 is 24.0 Å². The van der Waals surface area contributed by atoms with Gasteiger partial charge >= 0.3 is 0 Å². The van der Waals surface area contributed by atoms with E-state index in [1.165, 1.54) is 11.1 Å². The smallest absolute Gasteiger partial charge is 0.191 e. The molecule has 0 spiro atoms. The highest BCUT2D eigenvalue weighted by Gasteiger charge is 2.06. The van der Waals surface area contributed by atoms with Crippen molar-refractivity contribution in [2.75, 3.05) is 33.9 Å². The van der Waals surface area contributed by atoms with Crippen LogP contribution in [0.1, 0.15) is 30.5 Å². The van der Waals surface area contributed by atoms with Crippen LogP contribution in [-0.4, -0.2) is 39.9 Å². The number of methoxy groups -OCH3 is 1. The number of nitrogens with zero attached hydrogens (tertiary/aromatic N) is 1. The highest BCUT2D eigenvalue weighted by atomic mass is 127. The Bertz CT molecular complexity index is 784. The third-order valence-electron chi connectivity index (χ3n) is 4.30. The van der Waals surface area contributed by atoms with Crippen molar-refractivity contribution in [2.45, 2.75) is 33.4 Å². The summed E-state index contributed by atoms with van der Waals surface area (Å²) >= 11 is 0. The van der Waals surface area contributed by atoms with E-state index in [9.17, 15) is 0 Å². The molecule has 0 amide bonds. The van der Waals surface area contributed by atoms with Gasteiger partial charge in [-0.25, -0.2) is 0 Å². The Hall–Kier alpha value is -2.00. The van der Waals surface area contributed by atoms with Crippen LogP contribution in [-0.2, 0) is 24.3 Å². The minimum Gasteiger partial charge on any atom is -0.490 e. The second-order valence-corrected chi connectivity index (χ2v) is 6.50. The van der Waals surface area contributed by atoms with Crippen LogP contribution in [0.3, 0.4) is 0 Å². The Morgan fingerprint density at radius 2 is 1.63 bits per heavy atom. The van der Waals surface area contributed by atoms with Crippen LogP contribution in [0.2, 0.25) is 0 Å². The van der Waals surface area contributed by atoms with Crippen LogP contribution in [0, 0.1) is 0 Å². The summed E-state index contributed by atoms with van der Waals surface area (Å²) in [4.78, 5) is 4.30. The molecule has 166 valence electrons. The van der Waals surface area contributed by atoms with Gasteiger partial charge in [-0.05, 0) is 49.1 Å². The van der Waals surface area contributed by atoms with Gasteiger partial charge in [-0.3, -0.25) is 4.99 Å². The number of rotatable bonds is 11. The maximum atomic E-state index is 5.70. The molecule has 30 heavy (non-hydrogen) atoms. The Balaban J connectivity index is 0.00000450. The van der Waals surface area contributed by atoms with Gasteiger partial charge in [0, 0.05) is 27.2 Å². The monoisotopic (exact) mass is 527 g/mol. The Kier molecular flexibility index (Phi) is 12.9. The van der Waals surface area contributed by atoms with Crippen molar-refractivity contribution in [2.24, 2.45) is 4.99 Å². The van der Waals surface area contributed by atoms with Crippen molar-refractivity contribution >= 4 is 29.9 Å². The predicted molar refractivity (Wildman–Crippen MR) is 133 cm³/mol. The number of hydrogen-bond acceptors (Lipinski definition) is 4. The topological polar surface area (TPSA) is 64.1 Å². The standard InChI is InChI=1S/C23H33N3O3.HI/c1-5-28-21-11-10-18(15-22(21)29-6-2)12-13-25-23(24-3)26-16-19-8-7-9-20(14-19)17-27-4;/h7-11,14-15H,5-6,12-13,16-17H2,1-4H3,(H2,24,25,26);1H. The van der Waals surface area contributed by atoms with Crippen molar-refractivity contribution < 1.29 is 14.2 Å². The summed E-state index contributed by atoms with van der Waals surface area (Å²) < 4.78 is 16.5. The van der Waals surface area contributed by atoms with Gasteiger partial charge in [-0.1, -0.05) is 30.3 Å². The highest BCUT2D eigenvalue weighted by Crippen LogP contribution is 2.28. The summed E-state index contributed by atoms with van der Waals surface area (Å²) in [6.07, 6.45) is 0.858. The molecule has 0 aromatic heterocycles. The molecule has 2 aromatic rings. The van der Waals surface area contributed by atoms with Crippen molar-refractivity contribution in [3.63, 3.8) is 0 Å². The summed E-state index contributed by atoms with van der Waals surface area (Å²) in [7, 11) is 3.49. The van der Waals surface area contributed by atoms with Gasteiger partial charge in [-0.15, -0.1) is 24.0 Å². The van der Waals surface area contributed by atoms with Crippen molar-refractivity contribution in [1.29, 1.82) is 0 Å². The average Bonchev–Trinajstić information content (AvgIpc) is 2.73. The first-order valence-corrected chi connectivity index (χ1v) is 10.1. The zero-order valence-electron chi connectivity index (χ0n) is 18.4. The van der Waals surface area contributed by atoms with Crippen LogP contribution < -0.4 is 20.1 Å². The fraction of sp³-hybridized carbons (Fsp3) is 0.435. The zero-order valence-corrected chi connectivity index (χ0v) is 20.7. The van der Waals surface area contributed by atoms with Crippen molar-refractivity contribution in [3.05, 3.63) is 59.2 Å². The third-order valence-corrected chi connectivity index (χ3v) is 4.30. The summed E-state index contributed by atoms with van der Waals surface area (Å²) in [6.45, 7) is 7.27. The van der Waals surface area contributed by atoms with Gasteiger partial charge in [0.05, 0.1) is 19.8 Å². The molecule has 0 heterocycles. The number of nitrogens with one attached hydrogen (secondary N) is 2. The first-order valence-electron chi connectivity index (χ1n) is 10.1. The molecule has 2 aromatic carbocycles. The Morgan fingerprint density at radius 1 is 0.900 bits per heavy atom. The zero-order chi connectivity index (χ0) is 20.9. The third kappa shape index (κ3) is 8.79. The lowest BCUT2D eigenvalue weighted by Gasteiger charge is -2.14. The Morgan fingerprint density at radius 3 is 2.33 bits per heavy atom. The van der Waals surface area contributed by atoms with E-state index in [-0.39, 0.29) is 24.0 Å². The first-order chi connectivity index (χ1) is 14.2. The average molecular weight is 527 g/mol. The van der Waals surface area contributed by atoms with E-state index in [1.807, 2.05) is 32.0 Å². The number of benzene rings is 2. The number of ether oxygens (including phenoxy) is 3. The van der Waals surface area contributed by atoms with Gasteiger partial charge in [0.25, 0.3) is 0 Å². The molecule has 0 unspecified atom stereocenters. The van der Waals surface area contributed by atoms with Gasteiger partial charge in [-0.2, -0.15) is 0 Å². The lowest BCUT2D eigenvalue weighted by atomic mass is 10.1. The predicted octanol–water partition coefficient (Wildman–Crippen LogP) is 4.16. The number of halogens is 1. The highest BCUT2D eigenvalue weighted by molar-refractivity contribution is 14.0. The SMILES string of the molecule is CCOc1ccc(CCNC(=NC)NCc2cccc(COC)c2)cc1OCC.I. The lowest BCUT2D eigenvalue weighted by molar-refractivity contribution is 0.185. The maximum absolute atomic E-state index is 5.70. The molecule has 0 aliphatic heterocycles. The van der Waals surface area contributed by atoms with E-state index in [4.69, 9.17) is 14.2 Å². The van der Waals surface area contributed by atoms with E-state index in [2.05, 4.69) is 39.9 Å². The molecule has 0 fully saturated rings. The summed E-state index contributed by atoms with van der Waals surface area (Å²) in [5.74, 6) is 2.36. The molecule has 2 rings (SSSR count). The van der Waals surface area contributed by atoms with Crippen LogP contribution in [0.4, 0.5) is 0 Å². The minimum absolute atomic E-state index is 0. The maximum Gasteiger partial charge on any atom is 0.191 e. The molecular weight excluding hydrogens is 493 g/mol. The molecule has 0 saturated carbocycles. The summed E-state index contributed by atoms with van der Waals surface area (Å²) in [6, 6.07) is 14.4. The summed E-state index contributed by atoms with van der Waals surface area (Å²) in [5, 5.41) is 6.71. The molecule has 6 nitrogen and oxygen atoms in total. The van der Waals surface area contributed by atoms with Crippen molar-refractivity contribution in [3.8, 4) is 11.5 Å². The van der Waals surface area contributed by atoms with Crippen LogP contribution in [0.5, 0.6) is 11.5 Å². The normalized spacial score (nSPS) is 10.9. The minimum atomic E-state index is 0. The van der Waals surface area contributed by atoms with E-state index < -0.39 is 0 Å². The van der Waals surface area contributed by atoms with Gasteiger partial charge < -0.3 is 24.8 Å². The largest absolute Gasteiger partial charge is 0.490 e. The quantitative estimate of drug-likeness (QED) is 0.261.